The number of anilines is 1. The molecule has 1 N–H and O–H groups in total. The van der Waals surface area contributed by atoms with E-state index in [1.807, 2.05) is 36.1 Å². The van der Waals surface area contributed by atoms with Crippen molar-refractivity contribution < 1.29 is 4.79 Å². The molecule has 1 amide bonds. The number of benzene rings is 2. The maximum absolute atomic E-state index is 12.8. The number of fused-ring (bicyclic) bond motifs is 1. The van der Waals surface area contributed by atoms with E-state index in [1.54, 1.807) is 0 Å². The maximum Gasteiger partial charge on any atom is 0.228 e. The molecule has 2 aromatic heterocycles. The molecule has 0 fully saturated rings. The smallest absolute Gasteiger partial charge is 0.228 e. The molecule has 0 spiro atoms. The van der Waals surface area contributed by atoms with Gasteiger partial charge in [0.15, 0.2) is 0 Å². The van der Waals surface area contributed by atoms with E-state index in [-0.39, 0.29) is 5.91 Å². The summed E-state index contributed by atoms with van der Waals surface area (Å²) in [6.07, 6.45) is 2.97. The van der Waals surface area contributed by atoms with Crippen molar-refractivity contribution in [3.8, 4) is 22.5 Å². The second-order valence-corrected chi connectivity index (χ2v) is 8.24. The minimum Gasteiger partial charge on any atom is -0.292 e. The van der Waals surface area contributed by atoms with Crippen molar-refractivity contribution in [3.05, 3.63) is 71.2 Å². The van der Waals surface area contributed by atoms with E-state index < -0.39 is 0 Å². The zero-order valence-corrected chi connectivity index (χ0v) is 18.7. The summed E-state index contributed by atoms with van der Waals surface area (Å²) in [7, 11) is 0. The lowest BCUT2D eigenvalue weighted by molar-refractivity contribution is -0.119. The highest BCUT2D eigenvalue weighted by atomic mass is 16.2. The number of carbonyl (C=O) groups excluding carboxylic acids is 1. The third kappa shape index (κ3) is 4.11. The molecule has 1 aliphatic rings. The van der Waals surface area contributed by atoms with Crippen LogP contribution in [0.5, 0.6) is 0 Å². The van der Waals surface area contributed by atoms with Gasteiger partial charge in [0.1, 0.15) is 11.6 Å². The van der Waals surface area contributed by atoms with Crippen LogP contribution in [-0.2, 0) is 24.2 Å². The Bertz CT molecular complexity index is 1280. The van der Waals surface area contributed by atoms with E-state index in [9.17, 15) is 4.79 Å². The molecule has 3 heterocycles. The largest absolute Gasteiger partial charge is 0.292 e. The minimum absolute atomic E-state index is 0.106. The Morgan fingerprint density at radius 3 is 2.52 bits per heavy atom. The van der Waals surface area contributed by atoms with Gasteiger partial charge in [0, 0.05) is 29.7 Å². The van der Waals surface area contributed by atoms with Crippen LogP contribution in [0.1, 0.15) is 42.4 Å². The van der Waals surface area contributed by atoms with Crippen LogP contribution in [0.25, 0.3) is 22.5 Å². The zero-order chi connectivity index (χ0) is 22.8. The lowest BCUT2D eigenvalue weighted by Crippen LogP contribution is -2.36. The van der Waals surface area contributed by atoms with Gasteiger partial charge in [0.2, 0.25) is 11.7 Å². The first-order chi connectivity index (χ1) is 16.1. The predicted molar refractivity (Wildman–Crippen MR) is 125 cm³/mol. The maximum atomic E-state index is 12.8. The van der Waals surface area contributed by atoms with E-state index >= 15 is 0 Å². The molecule has 4 aromatic rings. The fourth-order valence-electron chi connectivity index (χ4n) is 4.32. The summed E-state index contributed by atoms with van der Waals surface area (Å²) in [5.41, 5.74) is 6.10. The molecule has 0 saturated carbocycles. The van der Waals surface area contributed by atoms with Crippen molar-refractivity contribution in [1.82, 2.24) is 30.6 Å². The van der Waals surface area contributed by atoms with Gasteiger partial charge in [0.05, 0.1) is 6.54 Å². The van der Waals surface area contributed by atoms with Crippen molar-refractivity contribution in [1.29, 1.82) is 0 Å². The van der Waals surface area contributed by atoms with Crippen LogP contribution in [0, 0.1) is 6.92 Å². The molecule has 1 aliphatic heterocycles. The monoisotopic (exact) mass is 439 g/mol. The third-order valence-electron chi connectivity index (χ3n) is 5.98. The summed E-state index contributed by atoms with van der Waals surface area (Å²) in [6, 6.07) is 16.2. The molecule has 0 aliphatic carbocycles. The van der Waals surface area contributed by atoms with Gasteiger partial charge in [-0.1, -0.05) is 55.5 Å². The molecular weight excluding hydrogens is 414 g/mol. The van der Waals surface area contributed by atoms with E-state index in [4.69, 9.17) is 4.98 Å². The molecule has 166 valence electrons. The fourth-order valence-corrected chi connectivity index (χ4v) is 4.32. The Labute approximate surface area is 192 Å². The summed E-state index contributed by atoms with van der Waals surface area (Å²) >= 11 is 0. The van der Waals surface area contributed by atoms with Gasteiger partial charge in [0.25, 0.3) is 0 Å². The van der Waals surface area contributed by atoms with Gasteiger partial charge in [-0.15, -0.1) is 10.2 Å². The molecule has 0 radical (unpaired) electrons. The van der Waals surface area contributed by atoms with Gasteiger partial charge in [-0.2, -0.15) is 5.21 Å². The molecule has 8 nitrogen and oxygen atoms in total. The quantitative estimate of drug-likeness (QED) is 0.486. The fraction of sp³-hybridized carbons (Fsp3) is 0.280. The van der Waals surface area contributed by atoms with Crippen LogP contribution in [0.3, 0.4) is 0 Å². The topological polar surface area (TPSA) is 101 Å². The van der Waals surface area contributed by atoms with Gasteiger partial charge in [-0.25, -0.2) is 9.97 Å². The second kappa shape index (κ2) is 8.90. The highest BCUT2D eigenvalue weighted by Crippen LogP contribution is 2.32. The SMILES string of the molecule is CCCc1nc(C)c2c(n1)N(Cc1ccc(-c3ccccc3-c3nn[nH]n3)cc1)C(=O)CC2. The molecule has 5 rings (SSSR count). The van der Waals surface area contributed by atoms with E-state index in [0.717, 1.165) is 58.0 Å². The Balaban J connectivity index is 1.44. The normalized spacial score (nSPS) is 13.3. The molecule has 0 unspecified atom stereocenters. The Morgan fingerprint density at radius 2 is 1.79 bits per heavy atom. The average molecular weight is 440 g/mol. The van der Waals surface area contributed by atoms with E-state index in [1.165, 1.54) is 0 Å². The molecular formula is C25H25N7O. The Hall–Kier alpha value is -3.94. The zero-order valence-electron chi connectivity index (χ0n) is 18.7. The summed E-state index contributed by atoms with van der Waals surface area (Å²) in [5, 5.41) is 14.4. The first kappa shape index (κ1) is 20.9. The Kier molecular flexibility index (Phi) is 5.64. The first-order valence-corrected chi connectivity index (χ1v) is 11.2. The highest BCUT2D eigenvalue weighted by Gasteiger charge is 2.28. The van der Waals surface area contributed by atoms with Crippen molar-refractivity contribution >= 4 is 11.7 Å². The van der Waals surface area contributed by atoms with Gasteiger partial charge >= 0.3 is 0 Å². The molecule has 0 bridgehead atoms. The van der Waals surface area contributed by atoms with E-state index in [0.29, 0.717) is 25.2 Å². The van der Waals surface area contributed by atoms with Crippen molar-refractivity contribution in [2.45, 2.75) is 46.1 Å². The first-order valence-electron chi connectivity index (χ1n) is 11.2. The molecule has 0 atom stereocenters. The highest BCUT2D eigenvalue weighted by molar-refractivity contribution is 5.95. The lowest BCUT2D eigenvalue weighted by atomic mass is 9.98. The van der Waals surface area contributed by atoms with Crippen LogP contribution in [0.2, 0.25) is 0 Å². The second-order valence-electron chi connectivity index (χ2n) is 8.24. The third-order valence-corrected chi connectivity index (χ3v) is 5.98. The van der Waals surface area contributed by atoms with Crippen LogP contribution >= 0.6 is 0 Å². The van der Waals surface area contributed by atoms with Crippen molar-refractivity contribution in [3.63, 3.8) is 0 Å². The number of tetrazole rings is 1. The summed E-state index contributed by atoms with van der Waals surface area (Å²) in [5.74, 6) is 2.24. The minimum atomic E-state index is 0.106. The average Bonchev–Trinajstić information content (AvgIpc) is 3.37. The number of amides is 1. The van der Waals surface area contributed by atoms with Crippen LogP contribution in [0.15, 0.2) is 48.5 Å². The van der Waals surface area contributed by atoms with Gasteiger partial charge in [-0.05, 0) is 41.7 Å². The number of aromatic nitrogens is 6. The molecule has 0 saturated heterocycles. The van der Waals surface area contributed by atoms with Gasteiger partial charge in [-0.3, -0.25) is 9.69 Å². The standard InChI is InChI=1S/C25H25N7O/c1-3-6-22-26-16(2)19-13-14-23(33)32(25(19)27-22)15-17-9-11-18(12-10-17)20-7-4-5-8-21(20)24-28-30-31-29-24/h4-5,7-12H,3,6,13-15H2,1-2H3,(H,28,29,30,31). The number of H-pyrrole nitrogens is 1. The number of carbonyl (C=O) groups is 1. The van der Waals surface area contributed by atoms with Crippen LogP contribution in [-0.4, -0.2) is 36.5 Å². The van der Waals surface area contributed by atoms with E-state index in [2.05, 4.69) is 56.8 Å². The number of hydrogen-bond acceptors (Lipinski definition) is 6. The predicted octanol–water partition coefficient (Wildman–Crippen LogP) is 4.06. The van der Waals surface area contributed by atoms with Crippen LogP contribution < -0.4 is 4.90 Å². The number of nitrogens with one attached hydrogen (secondary N) is 1. The molecule has 33 heavy (non-hydrogen) atoms. The number of aryl methyl sites for hydroxylation is 2. The van der Waals surface area contributed by atoms with Crippen molar-refractivity contribution in [2.24, 2.45) is 0 Å². The summed E-state index contributed by atoms with van der Waals surface area (Å²) in [6.45, 7) is 4.61. The number of rotatable bonds is 6. The number of aromatic amines is 1. The van der Waals surface area contributed by atoms with Crippen molar-refractivity contribution in [2.75, 3.05) is 4.90 Å². The number of hydrogen-bond donors (Lipinski definition) is 1. The van der Waals surface area contributed by atoms with Gasteiger partial charge < -0.3 is 0 Å². The Morgan fingerprint density at radius 1 is 1.00 bits per heavy atom. The van der Waals surface area contributed by atoms with Crippen LogP contribution in [0.4, 0.5) is 5.82 Å². The number of nitrogens with zero attached hydrogens (tertiary/aromatic N) is 6. The molecule has 8 heteroatoms. The summed E-state index contributed by atoms with van der Waals surface area (Å²) < 4.78 is 0. The lowest BCUT2D eigenvalue weighted by Gasteiger charge is -2.29. The molecule has 2 aromatic carbocycles. The summed E-state index contributed by atoms with van der Waals surface area (Å²) in [4.78, 5) is 24.1.